The Balaban J connectivity index is 2.44. The Morgan fingerprint density at radius 2 is 1.68 bits per heavy atom. The van der Waals surface area contributed by atoms with Crippen LogP contribution in [0.15, 0.2) is 0 Å². The second-order valence-corrected chi connectivity index (χ2v) is 7.85. The zero-order valence-electron chi connectivity index (χ0n) is 14.1. The second kappa shape index (κ2) is 8.29. The van der Waals surface area contributed by atoms with Gasteiger partial charge in [0.2, 0.25) is 0 Å². The molecule has 0 heterocycles. The molecule has 0 radical (unpaired) electrons. The van der Waals surface area contributed by atoms with Crippen molar-refractivity contribution < 1.29 is 0 Å². The van der Waals surface area contributed by atoms with Crippen LogP contribution in [0.5, 0.6) is 0 Å². The summed E-state index contributed by atoms with van der Waals surface area (Å²) in [5.74, 6) is 1.96. The van der Waals surface area contributed by atoms with Crippen LogP contribution in [0.3, 0.4) is 0 Å². The van der Waals surface area contributed by atoms with E-state index in [0.29, 0.717) is 5.41 Å². The summed E-state index contributed by atoms with van der Waals surface area (Å²) in [4.78, 5) is 0. The van der Waals surface area contributed by atoms with E-state index in [-0.39, 0.29) is 0 Å². The standard InChI is InChI=1S/C18H37N/c1-6-14-19-17(12-13-18(3,4)5)16-10-8-15(7-2)9-11-16/h15-17,19H,6-14H2,1-5H3. The quantitative estimate of drug-likeness (QED) is 0.651. The Morgan fingerprint density at radius 1 is 1.05 bits per heavy atom. The first-order valence-corrected chi connectivity index (χ1v) is 8.69. The average molecular weight is 268 g/mol. The molecule has 114 valence electrons. The lowest BCUT2D eigenvalue weighted by Gasteiger charge is -2.35. The molecule has 0 saturated heterocycles. The molecule has 1 aliphatic rings. The maximum Gasteiger partial charge on any atom is 0.00955 e. The van der Waals surface area contributed by atoms with Crippen LogP contribution in [0, 0.1) is 17.3 Å². The maximum absolute atomic E-state index is 3.84. The minimum absolute atomic E-state index is 0.479. The molecule has 0 aliphatic heterocycles. The zero-order valence-corrected chi connectivity index (χ0v) is 14.1. The van der Waals surface area contributed by atoms with Crippen LogP contribution in [0.1, 0.15) is 86.0 Å². The molecule has 1 fully saturated rings. The van der Waals surface area contributed by atoms with Crippen LogP contribution < -0.4 is 5.32 Å². The highest BCUT2D eigenvalue weighted by Crippen LogP contribution is 2.34. The van der Waals surface area contributed by atoms with Crippen molar-refractivity contribution in [3.8, 4) is 0 Å². The van der Waals surface area contributed by atoms with Crippen molar-refractivity contribution in [2.24, 2.45) is 17.3 Å². The van der Waals surface area contributed by atoms with Gasteiger partial charge >= 0.3 is 0 Å². The molecular formula is C18H37N. The Labute approximate surface area is 121 Å². The van der Waals surface area contributed by atoms with E-state index in [1.165, 1.54) is 57.9 Å². The molecule has 1 rings (SSSR count). The van der Waals surface area contributed by atoms with Crippen molar-refractivity contribution in [3.63, 3.8) is 0 Å². The van der Waals surface area contributed by atoms with Crippen molar-refractivity contribution in [3.05, 3.63) is 0 Å². The Hall–Kier alpha value is -0.0400. The number of hydrogen-bond donors (Lipinski definition) is 1. The first kappa shape index (κ1) is 17.0. The molecule has 0 amide bonds. The van der Waals surface area contributed by atoms with Gasteiger partial charge in [-0.3, -0.25) is 0 Å². The summed E-state index contributed by atoms with van der Waals surface area (Å²) in [5.41, 5.74) is 0.479. The fraction of sp³-hybridized carbons (Fsp3) is 1.00. The summed E-state index contributed by atoms with van der Waals surface area (Å²) in [5, 5.41) is 3.84. The first-order valence-electron chi connectivity index (χ1n) is 8.69. The van der Waals surface area contributed by atoms with Gasteiger partial charge in [-0.2, -0.15) is 0 Å². The highest BCUT2D eigenvalue weighted by atomic mass is 14.9. The molecule has 0 aromatic rings. The van der Waals surface area contributed by atoms with Gasteiger partial charge < -0.3 is 5.32 Å². The lowest BCUT2D eigenvalue weighted by Crippen LogP contribution is -2.39. The molecule has 0 bridgehead atoms. The summed E-state index contributed by atoms with van der Waals surface area (Å²) >= 11 is 0. The van der Waals surface area contributed by atoms with Gasteiger partial charge in [0.15, 0.2) is 0 Å². The molecule has 1 nitrogen and oxygen atoms in total. The molecule has 1 atom stereocenters. The van der Waals surface area contributed by atoms with E-state index < -0.39 is 0 Å². The molecule has 1 unspecified atom stereocenters. The van der Waals surface area contributed by atoms with Crippen molar-refractivity contribution in [1.82, 2.24) is 5.32 Å². The van der Waals surface area contributed by atoms with Crippen LogP contribution in [0.25, 0.3) is 0 Å². The maximum atomic E-state index is 3.84. The number of nitrogens with one attached hydrogen (secondary N) is 1. The van der Waals surface area contributed by atoms with Crippen LogP contribution >= 0.6 is 0 Å². The smallest absolute Gasteiger partial charge is 0.00955 e. The lowest BCUT2D eigenvalue weighted by molar-refractivity contribution is 0.196. The molecule has 0 spiro atoms. The molecule has 1 aliphatic carbocycles. The highest BCUT2D eigenvalue weighted by Gasteiger charge is 2.27. The molecule has 1 heteroatoms. The molecule has 1 saturated carbocycles. The highest BCUT2D eigenvalue weighted by molar-refractivity contribution is 4.83. The summed E-state index contributed by atoms with van der Waals surface area (Å²) in [6, 6.07) is 0.775. The van der Waals surface area contributed by atoms with E-state index >= 15 is 0 Å². The minimum Gasteiger partial charge on any atom is -0.314 e. The minimum atomic E-state index is 0.479. The van der Waals surface area contributed by atoms with Gasteiger partial charge in [0.1, 0.15) is 0 Å². The molecular weight excluding hydrogens is 230 g/mol. The van der Waals surface area contributed by atoms with Crippen LogP contribution in [-0.2, 0) is 0 Å². The third kappa shape index (κ3) is 6.79. The summed E-state index contributed by atoms with van der Waals surface area (Å²) in [6.45, 7) is 13.0. The second-order valence-electron chi connectivity index (χ2n) is 7.85. The summed E-state index contributed by atoms with van der Waals surface area (Å²) in [7, 11) is 0. The van der Waals surface area contributed by atoms with E-state index in [0.717, 1.165) is 17.9 Å². The Kier molecular flexibility index (Phi) is 7.42. The largest absolute Gasteiger partial charge is 0.314 e. The summed E-state index contributed by atoms with van der Waals surface area (Å²) in [6.07, 6.45) is 11.2. The van der Waals surface area contributed by atoms with E-state index in [4.69, 9.17) is 0 Å². The van der Waals surface area contributed by atoms with Gasteiger partial charge in [0.05, 0.1) is 0 Å². The third-order valence-electron chi connectivity index (χ3n) is 4.90. The summed E-state index contributed by atoms with van der Waals surface area (Å²) < 4.78 is 0. The van der Waals surface area contributed by atoms with E-state index in [2.05, 4.69) is 39.9 Å². The van der Waals surface area contributed by atoms with Gasteiger partial charge in [-0.25, -0.2) is 0 Å². The van der Waals surface area contributed by atoms with Gasteiger partial charge in [0.25, 0.3) is 0 Å². The van der Waals surface area contributed by atoms with Gasteiger partial charge in [-0.1, -0.05) is 53.9 Å². The van der Waals surface area contributed by atoms with E-state index in [1.54, 1.807) is 0 Å². The SMILES string of the molecule is CCCNC(CCC(C)(C)C)C1CCC(CC)CC1. The van der Waals surface area contributed by atoms with E-state index in [9.17, 15) is 0 Å². The van der Waals surface area contributed by atoms with Gasteiger partial charge in [0, 0.05) is 6.04 Å². The molecule has 0 aromatic heterocycles. The zero-order chi connectivity index (χ0) is 14.3. The Morgan fingerprint density at radius 3 is 2.16 bits per heavy atom. The average Bonchev–Trinajstić information content (AvgIpc) is 2.38. The van der Waals surface area contributed by atoms with E-state index in [1.807, 2.05) is 0 Å². The van der Waals surface area contributed by atoms with Crippen LogP contribution in [-0.4, -0.2) is 12.6 Å². The monoisotopic (exact) mass is 267 g/mol. The lowest BCUT2D eigenvalue weighted by atomic mass is 9.75. The number of rotatable bonds is 7. The fourth-order valence-corrected chi connectivity index (χ4v) is 3.42. The molecule has 19 heavy (non-hydrogen) atoms. The number of hydrogen-bond acceptors (Lipinski definition) is 1. The van der Waals surface area contributed by atoms with Crippen molar-refractivity contribution in [2.75, 3.05) is 6.54 Å². The topological polar surface area (TPSA) is 12.0 Å². The van der Waals surface area contributed by atoms with Crippen LogP contribution in [0.2, 0.25) is 0 Å². The predicted octanol–water partition coefficient (Wildman–Crippen LogP) is 5.40. The molecule has 1 N–H and O–H groups in total. The van der Waals surface area contributed by atoms with Crippen molar-refractivity contribution in [2.45, 2.75) is 92.0 Å². The fourth-order valence-electron chi connectivity index (χ4n) is 3.42. The van der Waals surface area contributed by atoms with Crippen molar-refractivity contribution in [1.29, 1.82) is 0 Å². The van der Waals surface area contributed by atoms with Gasteiger partial charge in [-0.15, -0.1) is 0 Å². The van der Waals surface area contributed by atoms with Crippen molar-refractivity contribution >= 4 is 0 Å². The first-order chi connectivity index (χ1) is 8.96. The third-order valence-corrected chi connectivity index (χ3v) is 4.90. The van der Waals surface area contributed by atoms with Gasteiger partial charge in [-0.05, 0) is 55.9 Å². The molecule has 0 aromatic carbocycles. The normalized spacial score (nSPS) is 26.4. The Bertz CT molecular complexity index is 220. The van der Waals surface area contributed by atoms with Crippen LogP contribution in [0.4, 0.5) is 0 Å². The predicted molar refractivity (Wildman–Crippen MR) is 86.5 cm³/mol.